The van der Waals surface area contributed by atoms with Gasteiger partial charge in [0.2, 0.25) is 0 Å². The van der Waals surface area contributed by atoms with E-state index in [0.717, 1.165) is 43.4 Å². The van der Waals surface area contributed by atoms with Crippen molar-refractivity contribution < 1.29 is 24.1 Å². The van der Waals surface area contributed by atoms with Crippen LogP contribution in [-0.4, -0.2) is 64.9 Å². The molecule has 8 heteroatoms. The highest BCUT2D eigenvalue weighted by molar-refractivity contribution is 5.66. The number of carboxylic acid groups (broad SMARTS) is 1. The summed E-state index contributed by atoms with van der Waals surface area (Å²) in [7, 11) is 1.63. The second-order valence-electron chi connectivity index (χ2n) is 7.82. The molecule has 1 saturated carbocycles. The van der Waals surface area contributed by atoms with Crippen molar-refractivity contribution in [1.82, 2.24) is 14.7 Å². The van der Waals surface area contributed by atoms with E-state index >= 15 is 0 Å². The summed E-state index contributed by atoms with van der Waals surface area (Å²) in [6.45, 7) is 2.22. The highest BCUT2D eigenvalue weighted by Gasteiger charge is 2.26. The van der Waals surface area contributed by atoms with E-state index in [4.69, 9.17) is 14.2 Å². The summed E-state index contributed by atoms with van der Waals surface area (Å²) in [5.74, 6) is 1.35. The van der Waals surface area contributed by atoms with Crippen LogP contribution in [0.15, 0.2) is 30.5 Å². The van der Waals surface area contributed by atoms with Gasteiger partial charge in [-0.2, -0.15) is 5.10 Å². The monoisotopic (exact) mass is 415 g/mol. The van der Waals surface area contributed by atoms with E-state index in [1.807, 2.05) is 28.9 Å². The molecule has 8 nitrogen and oxygen atoms in total. The van der Waals surface area contributed by atoms with E-state index in [9.17, 15) is 9.90 Å². The van der Waals surface area contributed by atoms with Gasteiger partial charge in [0.05, 0.1) is 32.6 Å². The fourth-order valence-electron chi connectivity index (χ4n) is 4.32. The molecule has 0 bridgehead atoms. The first kappa shape index (κ1) is 20.5. The Morgan fingerprint density at radius 1 is 1.27 bits per heavy atom. The largest absolute Gasteiger partial charge is 0.493 e. The number of ether oxygens (including phenoxy) is 3. The number of methoxy groups -OCH3 is 1. The predicted octanol–water partition coefficient (Wildman–Crippen LogP) is 3.65. The molecule has 4 rings (SSSR count). The van der Waals surface area contributed by atoms with Gasteiger partial charge in [0.25, 0.3) is 0 Å². The molecule has 30 heavy (non-hydrogen) atoms. The van der Waals surface area contributed by atoms with Crippen LogP contribution < -0.4 is 9.47 Å². The molecular formula is C22H29N3O5. The van der Waals surface area contributed by atoms with Gasteiger partial charge in [0, 0.05) is 30.8 Å². The van der Waals surface area contributed by atoms with Crippen molar-refractivity contribution in [1.29, 1.82) is 0 Å². The second-order valence-corrected chi connectivity index (χ2v) is 7.82. The van der Waals surface area contributed by atoms with Gasteiger partial charge >= 0.3 is 6.09 Å². The summed E-state index contributed by atoms with van der Waals surface area (Å²) in [4.78, 5) is 13.3. The first-order valence-corrected chi connectivity index (χ1v) is 10.6. The van der Waals surface area contributed by atoms with Crippen molar-refractivity contribution in [3.63, 3.8) is 0 Å². The molecule has 162 valence electrons. The average molecular weight is 415 g/mol. The van der Waals surface area contributed by atoms with Gasteiger partial charge in [-0.1, -0.05) is 12.8 Å². The van der Waals surface area contributed by atoms with Crippen LogP contribution in [0, 0.1) is 0 Å². The molecule has 0 unspecified atom stereocenters. The predicted molar refractivity (Wildman–Crippen MR) is 111 cm³/mol. The lowest BCUT2D eigenvalue weighted by atomic mass is 10.1. The molecule has 1 aliphatic heterocycles. The molecule has 1 aliphatic carbocycles. The summed E-state index contributed by atoms with van der Waals surface area (Å²) >= 11 is 0. The van der Waals surface area contributed by atoms with Crippen molar-refractivity contribution >= 4 is 6.09 Å². The van der Waals surface area contributed by atoms with Crippen molar-refractivity contribution in [3.05, 3.63) is 30.5 Å². The Kier molecular flexibility index (Phi) is 6.42. The second kappa shape index (κ2) is 9.38. The lowest BCUT2D eigenvalue weighted by Gasteiger charge is -2.26. The Labute approximate surface area is 176 Å². The Hall–Kier alpha value is -2.74. The number of aromatic nitrogens is 2. The lowest BCUT2D eigenvalue weighted by molar-refractivity contribution is 0.122. The Bertz CT molecular complexity index is 856. The molecule has 0 spiro atoms. The molecule has 1 atom stereocenters. The normalized spacial score (nSPS) is 19.2. The van der Waals surface area contributed by atoms with Gasteiger partial charge in [0.15, 0.2) is 11.5 Å². The molecule has 2 aromatic rings. The van der Waals surface area contributed by atoms with E-state index in [1.54, 1.807) is 18.2 Å². The number of nitrogens with zero attached hydrogens (tertiary/aromatic N) is 3. The fourth-order valence-corrected chi connectivity index (χ4v) is 4.32. The number of carbonyl (C=O) groups is 1. The summed E-state index contributed by atoms with van der Waals surface area (Å²) in [5, 5.41) is 14.1. The third-order valence-corrected chi connectivity index (χ3v) is 5.92. The summed E-state index contributed by atoms with van der Waals surface area (Å²) < 4.78 is 18.8. The molecule has 1 aromatic carbocycles. The van der Waals surface area contributed by atoms with E-state index < -0.39 is 6.09 Å². The molecule has 1 aromatic heterocycles. The van der Waals surface area contributed by atoms with Gasteiger partial charge in [-0.25, -0.2) is 4.79 Å². The maximum Gasteiger partial charge on any atom is 0.407 e. The Balaban J connectivity index is 1.51. The molecule has 2 heterocycles. The molecule has 1 amide bonds. The number of benzene rings is 1. The smallest absolute Gasteiger partial charge is 0.407 e. The topological polar surface area (TPSA) is 86.1 Å². The van der Waals surface area contributed by atoms with Crippen molar-refractivity contribution in [2.75, 3.05) is 26.9 Å². The van der Waals surface area contributed by atoms with E-state index in [-0.39, 0.29) is 12.1 Å². The first-order chi connectivity index (χ1) is 14.7. The average Bonchev–Trinajstić information content (AvgIpc) is 3.51. The number of hydrogen-bond acceptors (Lipinski definition) is 5. The third-order valence-electron chi connectivity index (χ3n) is 5.92. The summed E-state index contributed by atoms with van der Waals surface area (Å²) in [6, 6.07) is 7.87. The molecule has 1 saturated heterocycles. The first-order valence-electron chi connectivity index (χ1n) is 10.6. The van der Waals surface area contributed by atoms with Crippen LogP contribution in [-0.2, 0) is 11.3 Å². The minimum absolute atomic E-state index is 0.0228. The molecule has 2 aliphatic rings. The summed E-state index contributed by atoms with van der Waals surface area (Å²) in [5.41, 5.74) is 1.87. The zero-order chi connectivity index (χ0) is 20.9. The standard InChI is InChI=1S/C22H29N3O5/c1-28-20-7-6-16(14-21(20)30-18-9-13-29-15-18)19-8-10-23-25(19)12-11-24(22(26)27)17-4-2-3-5-17/h6-8,10,14,17-18H,2-5,9,11-13,15H2,1H3,(H,26,27)/t18-/m1/s1. The number of hydrogen-bond donors (Lipinski definition) is 1. The quantitative estimate of drug-likeness (QED) is 0.708. The van der Waals surface area contributed by atoms with Gasteiger partial charge in [-0.3, -0.25) is 4.68 Å². The van der Waals surface area contributed by atoms with Crippen LogP contribution in [0.5, 0.6) is 11.5 Å². The van der Waals surface area contributed by atoms with Gasteiger partial charge in [-0.05, 0) is 37.1 Å². The van der Waals surface area contributed by atoms with Crippen LogP contribution in [0.1, 0.15) is 32.1 Å². The van der Waals surface area contributed by atoms with Crippen LogP contribution in [0.4, 0.5) is 4.79 Å². The maximum atomic E-state index is 11.7. The highest BCUT2D eigenvalue weighted by atomic mass is 16.6. The number of amides is 1. The molecule has 2 fully saturated rings. The minimum atomic E-state index is -0.852. The van der Waals surface area contributed by atoms with Crippen LogP contribution >= 0.6 is 0 Å². The van der Waals surface area contributed by atoms with Gasteiger partial charge < -0.3 is 24.2 Å². The van der Waals surface area contributed by atoms with Crippen LogP contribution in [0.25, 0.3) is 11.3 Å². The van der Waals surface area contributed by atoms with Crippen LogP contribution in [0.3, 0.4) is 0 Å². The molecule has 1 N–H and O–H groups in total. The Morgan fingerprint density at radius 2 is 2.10 bits per heavy atom. The van der Waals surface area contributed by atoms with Crippen molar-refractivity contribution in [2.45, 2.75) is 50.8 Å². The fraction of sp³-hybridized carbons (Fsp3) is 0.545. The zero-order valence-corrected chi connectivity index (χ0v) is 17.3. The van der Waals surface area contributed by atoms with E-state index in [0.29, 0.717) is 37.8 Å². The zero-order valence-electron chi connectivity index (χ0n) is 17.3. The lowest BCUT2D eigenvalue weighted by Crippen LogP contribution is -2.40. The van der Waals surface area contributed by atoms with Crippen molar-refractivity contribution in [2.24, 2.45) is 0 Å². The maximum absolute atomic E-state index is 11.7. The third kappa shape index (κ3) is 4.53. The van der Waals surface area contributed by atoms with Crippen LogP contribution in [0.2, 0.25) is 0 Å². The van der Waals surface area contributed by atoms with Crippen molar-refractivity contribution in [3.8, 4) is 22.8 Å². The van der Waals surface area contributed by atoms with E-state index in [2.05, 4.69) is 5.10 Å². The summed E-state index contributed by atoms with van der Waals surface area (Å²) in [6.07, 6.45) is 5.86. The van der Waals surface area contributed by atoms with E-state index in [1.165, 1.54) is 0 Å². The molecular weight excluding hydrogens is 386 g/mol. The Morgan fingerprint density at radius 3 is 2.80 bits per heavy atom. The SMILES string of the molecule is COc1ccc(-c2ccnn2CCN(C(=O)O)C2CCCC2)cc1O[C@@H]1CCOC1. The number of rotatable bonds is 8. The van der Waals surface area contributed by atoms with Gasteiger partial charge in [-0.15, -0.1) is 0 Å². The highest BCUT2D eigenvalue weighted by Crippen LogP contribution is 2.34. The minimum Gasteiger partial charge on any atom is -0.493 e. The molecule has 0 radical (unpaired) electrons. The van der Waals surface area contributed by atoms with Gasteiger partial charge in [0.1, 0.15) is 6.10 Å².